The monoisotopic (exact) mass is 354 g/mol. The number of para-hydroxylation sites is 1. The first-order valence-electron chi connectivity index (χ1n) is 8.06. The summed E-state index contributed by atoms with van der Waals surface area (Å²) in [5, 5.41) is 1.17. The van der Waals surface area contributed by atoms with Crippen molar-refractivity contribution < 1.29 is 9.18 Å². The van der Waals surface area contributed by atoms with Crippen LogP contribution in [-0.2, 0) is 0 Å². The van der Waals surface area contributed by atoms with Crippen molar-refractivity contribution in [1.29, 1.82) is 0 Å². The predicted octanol–water partition coefficient (Wildman–Crippen LogP) is 3.85. The first-order valence-corrected chi connectivity index (χ1v) is 9.05. The highest BCUT2D eigenvalue weighted by Gasteiger charge is 2.28. The highest BCUT2D eigenvalue weighted by molar-refractivity contribution is 7.99. The van der Waals surface area contributed by atoms with Crippen molar-refractivity contribution >= 4 is 28.4 Å². The Balaban J connectivity index is 1.64. The normalized spacial score (nSPS) is 14.0. The standard InChI is InChI=1S/C19H15FN2O2S/c20-13-7-5-12(6-8-13)17(23)11-25-19-21-16-4-2-1-3-15(16)18(24)22(19)14-9-10-14/h1-8,14H,9-11H2. The van der Waals surface area contributed by atoms with E-state index < -0.39 is 0 Å². The number of nitrogens with zero attached hydrogens (tertiary/aromatic N) is 2. The molecule has 1 aliphatic carbocycles. The van der Waals surface area contributed by atoms with Gasteiger partial charge in [-0.1, -0.05) is 23.9 Å². The molecule has 0 spiro atoms. The number of fused-ring (bicyclic) bond motifs is 1. The molecule has 0 amide bonds. The smallest absolute Gasteiger partial charge is 0.262 e. The van der Waals surface area contributed by atoms with Crippen LogP contribution in [0.4, 0.5) is 4.39 Å². The molecular weight excluding hydrogens is 339 g/mol. The summed E-state index contributed by atoms with van der Waals surface area (Å²) in [7, 11) is 0. The fourth-order valence-corrected chi connectivity index (χ4v) is 3.69. The van der Waals surface area contributed by atoms with E-state index in [4.69, 9.17) is 0 Å². The topological polar surface area (TPSA) is 52.0 Å². The summed E-state index contributed by atoms with van der Waals surface area (Å²) in [5.74, 6) is -0.332. The molecule has 0 bridgehead atoms. The van der Waals surface area contributed by atoms with Gasteiger partial charge in [0.05, 0.1) is 16.7 Å². The van der Waals surface area contributed by atoms with Crippen molar-refractivity contribution in [1.82, 2.24) is 9.55 Å². The Morgan fingerprint density at radius 1 is 1.16 bits per heavy atom. The van der Waals surface area contributed by atoms with Crippen molar-refractivity contribution in [3.8, 4) is 0 Å². The zero-order chi connectivity index (χ0) is 17.4. The lowest BCUT2D eigenvalue weighted by atomic mass is 10.1. The van der Waals surface area contributed by atoms with Crippen LogP contribution >= 0.6 is 11.8 Å². The van der Waals surface area contributed by atoms with Crippen LogP contribution in [0.3, 0.4) is 0 Å². The van der Waals surface area contributed by atoms with Gasteiger partial charge in [0.1, 0.15) is 5.82 Å². The largest absolute Gasteiger partial charge is 0.293 e. The number of carbonyl (C=O) groups excluding carboxylic acids is 1. The van der Waals surface area contributed by atoms with Crippen LogP contribution in [0.5, 0.6) is 0 Å². The summed E-state index contributed by atoms with van der Waals surface area (Å²) >= 11 is 1.26. The van der Waals surface area contributed by atoms with Crippen molar-refractivity contribution in [3.05, 3.63) is 70.3 Å². The van der Waals surface area contributed by atoms with Gasteiger partial charge in [0.2, 0.25) is 0 Å². The van der Waals surface area contributed by atoms with Crippen molar-refractivity contribution in [2.45, 2.75) is 24.0 Å². The van der Waals surface area contributed by atoms with Gasteiger partial charge in [0.25, 0.3) is 5.56 Å². The molecule has 1 saturated carbocycles. The van der Waals surface area contributed by atoms with Crippen molar-refractivity contribution in [2.75, 3.05) is 5.75 Å². The van der Waals surface area contributed by atoms with E-state index in [1.165, 1.54) is 36.0 Å². The molecule has 6 heteroatoms. The first kappa shape index (κ1) is 16.0. The minimum absolute atomic E-state index is 0.0511. The van der Waals surface area contributed by atoms with Gasteiger partial charge in [0, 0.05) is 11.6 Å². The van der Waals surface area contributed by atoms with Gasteiger partial charge in [-0.3, -0.25) is 14.2 Å². The molecule has 2 aromatic carbocycles. The molecule has 0 saturated heterocycles. The number of hydrogen-bond donors (Lipinski definition) is 0. The molecule has 4 rings (SSSR count). The molecule has 0 radical (unpaired) electrons. The third kappa shape index (κ3) is 3.22. The Kier molecular flexibility index (Phi) is 4.13. The van der Waals surface area contributed by atoms with E-state index in [-0.39, 0.29) is 29.0 Å². The van der Waals surface area contributed by atoms with Gasteiger partial charge in [0.15, 0.2) is 10.9 Å². The van der Waals surface area contributed by atoms with Crippen LogP contribution in [0.25, 0.3) is 10.9 Å². The first-order chi connectivity index (χ1) is 12.1. The van der Waals surface area contributed by atoms with Crippen LogP contribution in [0, 0.1) is 5.82 Å². The lowest BCUT2D eigenvalue weighted by Gasteiger charge is -2.12. The number of benzene rings is 2. The van der Waals surface area contributed by atoms with Crippen LogP contribution in [0.15, 0.2) is 58.5 Å². The van der Waals surface area contributed by atoms with E-state index in [0.29, 0.717) is 21.6 Å². The van der Waals surface area contributed by atoms with Crippen LogP contribution < -0.4 is 5.56 Å². The average molecular weight is 354 g/mol. The quantitative estimate of drug-likeness (QED) is 0.397. The maximum Gasteiger partial charge on any atom is 0.262 e. The number of halogens is 1. The summed E-state index contributed by atoms with van der Waals surface area (Å²) in [6, 6.07) is 12.9. The molecule has 0 atom stereocenters. The Hall–Kier alpha value is -2.47. The fraction of sp³-hybridized carbons (Fsp3) is 0.211. The van der Waals surface area contributed by atoms with Gasteiger partial charge >= 0.3 is 0 Å². The number of ketones is 1. The second-order valence-electron chi connectivity index (χ2n) is 6.04. The molecule has 1 aromatic heterocycles. The van der Waals surface area contributed by atoms with Gasteiger partial charge in [-0.25, -0.2) is 9.37 Å². The molecule has 1 heterocycles. The summed E-state index contributed by atoms with van der Waals surface area (Å²) in [6.07, 6.45) is 1.92. The molecule has 1 fully saturated rings. The van der Waals surface area contributed by atoms with E-state index in [1.54, 1.807) is 16.7 Å². The van der Waals surface area contributed by atoms with E-state index in [1.807, 2.05) is 12.1 Å². The highest BCUT2D eigenvalue weighted by atomic mass is 32.2. The molecule has 4 nitrogen and oxygen atoms in total. The Labute approximate surface area is 147 Å². The Morgan fingerprint density at radius 3 is 2.60 bits per heavy atom. The molecule has 1 aliphatic rings. The third-order valence-corrected chi connectivity index (χ3v) is 5.14. The number of rotatable bonds is 5. The van der Waals surface area contributed by atoms with Gasteiger partial charge in [-0.05, 0) is 49.2 Å². The number of Topliss-reactive ketones (excluding diaryl/α,β-unsaturated/α-hetero) is 1. The van der Waals surface area contributed by atoms with E-state index in [0.717, 1.165) is 12.8 Å². The van der Waals surface area contributed by atoms with Crippen LogP contribution in [-0.4, -0.2) is 21.1 Å². The second-order valence-corrected chi connectivity index (χ2v) is 6.98. The second kappa shape index (κ2) is 6.44. The third-order valence-electron chi connectivity index (χ3n) is 4.19. The fourth-order valence-electron chi connectivity index (χ4n) is 2.73. The Morgan fingerprint density at radius 2 is 1.88 bits per heavy atom. The van der Waals surface area contributed by atoms with Gasteiger partial charge in [-0.2, -0.15) is 0 Å². The van der Waals surface area contributed by atoms with E-state index in [9.17, 15) is 14.0 Å². The van der Waals surface area contributed by atoms with Crippen molar-refractivity contribution in [3.63, 3.8) is 0 Å². The molecule has 25 heavy (non-hydrogen) atoms. The van der Waals surface area contributed by atoms with Crippen LogP contribution in [0.2, 0.25) is 0 Å². The molecule has 0 unspecified atom stereocenters. The summed E-state index contributed by atoms with van der Waals surface area (Å²) in [6.45, 7) is 0. The number of hydrogen-bond acceptors (Lipinski definition) is 4. The lowest BCUT2D eigenvalue weighted by molar-refractivity contribution is 0.102. The van der Waals surface area contributed by atoms with Crippen molar-refractivity contribution in [2.24, 2.45) is 0 Å². The SMILES string of the molecule is O=C(CSc1nc2ccccc2c(=O)n1C1CC1)c1ccc(F)cc1. The average Bonchev–Trinajstić information content (AvgIpc) is 3.45. The lowest BCUT2D eigenvalue weighted by Crippen LogP contribution is -2.22. The molecular formula is C19H15FN2O2S. The molecule has 126 valence electrons. The number of aromatic nitrogens is 2. The molecule has 0 aliphatic heterocycles. The van der Waals surface area contributed by atoms with E-state index >= 15 is 0 Å². The Bertz CT molecular complexity index is 1010. The summed E-state index contributed by atoms with van der Waals surface area (Å²) in [5.41, 5.74) is 1.04. The zero-order valence-electron chi connectivity index (χ0n) is 13.3. The molecule has 0 N–H and O–H groups in total. The van der Waals surface area contributed by atoms with Gasteiger partial charge in [-0.15, -0.1) is 0 Å². The minimum Gasteiger partial charge on any atom is -0.293 e. The zero-order valence-corrected chi connectivity index (χ0v) is 14.1. The number of thioether (sulfide) groups is 1. The minimum atomic E-state index is -0.372. The van der Waals surface area contributed by atoms with Gasteiger partial charge < -0.3 is 0 Å². The molecule has 3 aromatic rings. The highest BCUT2D eigenvalue weighted by Crippen LogP contribution is 2.36. The maximum atomic E-state index is 13.0. The summed E-state index contributed by atoms with van der Waals surface area (Å²) < 4.78 is 14.7. The number of carbonyl (C=O) groups is 1. The van der Waals surface area contributed by atoms with Crippen LogP contribution in [0.1, 0.15) is 29.2 Å². The summed E-state index contributed by atoms with van der Waals surface area (Å²) in [4.78, 5) is 29.7. The maximum absolute atomic E-state index is 13.0. The van der Waals surface area contributed by atoms with E-state index in [2.05, 4.69) is 4.98 Å². The predicted molar refractivity (Wildman–Crippen MR) is 95.7 cm³/mol.